The molecule has 1 rings (SSSR count). The number of nitrogens with two attached hydrogens (primary N) is 1. The first kappa shape index (κ1) is 13.2. The third kappa shape index (κ3) is 3.60. The Morgan fingerprint density at radius 1 is 1.71 bits per heavy atom. The molecule has 7 heteroatoms. The fourth-order valence-electron chi connectivity index (χ4n) is 1.09. The molecule has 0 atom stereocenters. The first-order valence-electron chi connectivity index (χ1n) is 4.75. The fourth-order valence-corrected chi connectivity index (χ4v) is 1.29. The minimum Gasteiger partial charge on any atom is -0.489 e. The smallest absolute Gasteiger partial charge is 0.332 e. The molecule has 3 N–H and O–H groups in total. The monoisotopic (exact) mass is 259 g/mol. The van der Waals surface area contributed by atoms with Crippen molar-refractivity contribution in [1.82, 2.24) is 5.43 Å². The van der Waals surface area contributed by atoms with Crippen molar-refractivity contribution in [2.75, 3.05) is 6.61 Å². The first-order valence-corrected chi connectivity index (χ1v) is 5.13. The number of hydrogen-bond donors (Lipinski definition) is 2. The number of ether oxygens (including phenoxy) is 1. The van der Waals surface area contributed by atoms with Crippen molar-refractivity contribution < 1.29 is 13.9 Å². The highest BCUT2D eigenvalue weighted by molar-refractivity contribution is 6.32. The molecule has 92 valence electrons. The van der Waals surface area contributed by atoms with Gasteiger partial charge in [0, 0.05) is 5.56 Å². The summed E-state index contributed by atoms with van der Waals surface area (Å²) in [5, 5.41) is 3.62. The maximum atomic E-state index is 13.8. The fraction of sp³-hybridized carbons (Fsp3) is 0.200. The van der Waals surface area contributed by atoms with E-state index in [0.29, 0.717) is 0 Å². The van der Waals surface area contributed by atoms with Gasteiger partial charge in [0.2, 0.25) is 0 Å². The van der Waals surface area contributed by atoms with E-state index in [1.165, 1.54) is 12.1 Å². The molecule has 5 nitrogen and oxygen atoms in total. The number of carbonyl (C=O) groups is 1. The van der Waals surface area contributed by atoms with Crippen LogP contribution in [0.2, 0.25) is 5.02 Å². The van der Waals surface area contributed by atoms with Crippen molar-refractivity contribution in [3.05, 3.63) is 28.5 Å². The van der Waals surface area contributed by atoms with Gasteiger partial charge in [0.15, 0.2) is 11.6 Å². The van der Waals surface area contributed by atoms with Crippen LogP contribution in [-0.2, 0) is 0 Å². The van der Waals surface area contributed by atoms with Gasteiger partial charge in [-0.2, -0.15) is 5.10 Å². The number of nitrogens with zero attached hydrogens (tertiary/aromatic N) is 1. The molecule has 0 fully saturated rings. The summed E-state index contributed by atoms with van der Waals surface area (Å²) in [6.45, 7) is 2.00. The van der Waals surface area contributed by atoms with E-state index in [9.17, 15) is 9.18 Å². The average molecular weight is 260 g/mol. The quantitative estimate of drug-likeness (QED) is 0.640. The van der Waals surface area contributed by atoms with E-state index in [4.69, 9.17) is 22.1 Å². The molecule has 0 aromatic heterocycles. The van der Waals surface area contributed by atoms with Crippen LogP contribution in [0.5, 0.6) is 5.75 Å². The molecule has 0 aliphatic rings. The van der Waals surface area contributed by atoms with Crippen LogP contribution in [0.4, 0.5) is 9.18 Å². The van der Waals surface area contributed by atoms with Crippen molar-refractivity contribution in [2.24, 2.45) is 10.8 Å². The summed E-state index contributed by atoms with van der Waals surface area (Å²) in [6.07, 6.45) is 1.11. The maximum Gasteiger partial charge on any atom is 0.332 e. The second-order valence-corrected chi connectivity index (χ2v) is 3.35. The maximum absolute atomic E-state index is 13.8. The van der Waals surface area contributed by atoms with E-state index in [2.05, 4.69) is 5.10 Å². The van der Waals surface area contributed by atoms with Crippen LogP contribution in [0.3, 0.4) is 0 Å². The SMILES string of the molecule is CCOc1c(Cl)ccc(C=NNC(N)=O)c1F. The Kier molecular flexibility index (Phi) is 4.71. The number of rotatable bonds is 4. The highest BCUT2D eigenvalue weighted by atomic mass is 35.5. The molecule has 0 saturated carbocycles. The standard InChI is InChI=1S/C10H11ClFN3O2/c1-2-17-9-7(11)4-3-6(8(9)12)5-14-15-10(13)16/h3-5H,2H2,1H3,(H3,13,15,16). The Hall–Kier alpha value is -1.82. The molecule has 17 heavy (non-hydrogen) atoms. The molecule has 0 bridgehead atoms. The van der Waals surface area contributed by atoms with Crippen LogP contribution in [0.1, 0.15) is 12.5 Å². The largest absolute Gasteiger partial charge is 0.489 e. The van der Waals surface area contributed by atoms with E-state index in [0.717, 1.165) is 6.21 Å². The van der Waals surface area contributed by atoms with E-state index >= 15 is 0 Å². The molecule has 0 saturated heterocycles. The summed E-state index contributed by atoms with van der Waals surface area (Å²) >= 11 is 5.77. The number of carbonyl (C=O) groups excluding carboxylic acids is 1. The van der Waals surface area contributed by atoms with Gasteiger partial charge >= 0.3 is 6.03 Å². The minimum atomic E-state index is -0.833. The van der Waals surface area contributed by atoms with Crippen molar-refractivity contribution in [3.8, 4) is 5.75 Å². The molecule has 2 amide bonds. The van der Waals surface area contributed by atoms with E-state index in [1.54, 1.807) is 6.92 Å². The van der Waals surface area contributed by atoms with Crippen LogP contribution >= 0.6 is 11.6 Å². The molecular formula is C10H11ClFN3O2. The Labute approximate surface area is 102 Å². The average Bonchev–Trinajstić information content (AvgIpc) is 2.27. The molecule has 0 spiro atoms. The summed E-state index contributed by atoms with van der Waals surface area (Å²) in [6, 6.07) is 2.05. The highest BCUT2D eigenvalue weighted by Gasteiger charge is 2.12. The molecular weight excluding hydrogens is 249 g/mol. The van der Waals surface area contributed by atoms with Crippen molar-refractivity contribution >= 4 is 23.8 Å². The zero-order valence-corrected chi connectivity index (χ0v) is 9.79. The molecule has 0 heterocycles. The summed E-state index contributed by atoms with van der Waals surface area (Å²) in [4.78, 5) is 10.4. The van der Waals surface area contributed by atoms with Gasteiger partial charge in [0.25, 0.3) is 0 Å². The molecule has 0 aliphatic carbocycles. The van der Waals surface area contributed by atoms with Crippen LogP contribution < -0.4 is 15.9 Å². The van der Waals surface area contributed by atoms with Gasteiger partial charge in [-0.05, 0) is 19.1 Å². The van der Waals surface area contributed by atoms with Crippen molar-refractivity contribution in [1.29, 1.82) is 0 Å². The highest BCUT2D eigenvalue weighted by Crippen LogP contribution is 2.29. The summed E-state index contributed by atoms with van der Waals surface area (Å²) in [5.41, 5.74) is 6.88. The lowest BCUT2D eigenvalue weighted by Gasteiger charge is -2.08. The zero-order chi connectivity index (χ0) is 12.8. The van der Waals surface area contributed by atoms with Crippen LogP contribution in [0.15, 0.2) is 17.2 Å². The number of urea groups is 1. The normalized spacial score (nSPS) is 10.5. The predicted octanol–water partition coefficient (Wildman–Crippen LogP) is 1.88. The van der Waals surface area contributed by atoms with Gasteiger partial charge in [-0.15, -0.1) is 0 Å². The number of hydrazone groups is 1. The van der Waals surface area contributed by atoms with Crippen LogP contribution in [0.25, 0.3) is 0 Å². The zero-order valence-electron chi connectivity index (χ0n) is 9.04. The van der Waals surface area contributed by atoms with E-state index in [-0.39, 0.29) is 22.9 Å². The molecule has 0 radical (unpaired) electrons. The second kappa shape index (κ2) is 6.05. The number of primary amides is 1. The lowest BCUT2D eigenvalue weighted by molar-refractivity contribution is 0.249. The molecule has 0 unspecified atom stereocenters. The number of nitrogens with one attached hydrogen (secondary N) is 1. The summed E-state index contributed by atoms with van der Waals surface area (Å²) in [5.74, 6) is -0.688. The van der Waals surface area contributed by atoms with Gasteiger partial charge in [-0.25, -0.2) is 14.6 Å². The van der Waals surface area contributed by atoms with Gasteiger partial charge in [-0.3, -0.25) is 0 Å². The van der Waals surface area contributed by atoms with Crippen molar-refractivity contribution in [2.45, 2.75) is 6.92 Å². The number of hydrogen-bond acceptors (Lipinski definition) is 3. The lowest BCUT2D eigenvalue weighted by atomic mass is 10.2. The Bertz CT molecular complexity index is 451. The van der Waals surface area contributed by atoms with Gasteiger partial charge in [-0.1, -0.05) is 11.6 Å². The van der Waals surface area contributed by atoms with Gasteiger partial charge < -0.3 is 10.5 Å². The van der Waals surface area contributed by atoms with Gasteiger partial charge in [0.05, 0.1) is 17.8 Å². The second-order valence-electron chi connectivity index (χ2n) is 2.95. The topological polar surface area (TPSA) is 76.7 Å². The van der Waals surface area contributed by atoms with Crippen molar-refractivity contribution in [3.63, 3.8) is 0 Å². The number of halogens is 2. The Morgan fingerprint density at radius 3 is 3.00 bits per heavy atom. The van der Waals surface area contributed by atoms with E-state index in [1.807, 2.05) is 5.43 Å². The number of benzene rings is 1. The lowest BCUT2D eigenvalue weighted by Crippen LogP contribution is -2.24. The number of amides is 2. The summed E-state index contributed by atoms with van der Waals surface area (Å²) < 4.78 is 18.9. The molecule has 0 aliphatic heterocycles. The third-order valence-electron chi connectivity index (χ3n) is 1.75. The Balaban J connectivity index is 2.97. The third-order valence-corrected chi connectivity index (χ3v) is 2.04. The van der Waals surface area contributed by atoms with E-state index < -0.39 is 11.8 Å². The van der Waals surface area contributed by atoms with Gasteiger partial charge in [0.1, 0.15) is 0 Å². The molecule has 1 aromatic rings. The summed E-state index contributed by atoms with van der Waals surface area (Å²) in [7, 11) is 0. The van der Waals surface area contributed by atoms with Crippen LogP contribution in [0, 0.1) is 5.82 Å². The molecule has 1 aromatic carbocycles. The minimum absolute atomic E-state index is 0.0443. The Morgan fingerprint density at radius 2 is 2.41 bits per heavy atom. The predicted molar refractivity (Wildman–Crippen MR) is 62.9 cm³/mol. The first-order chi connectivity index (χ1) is 8.06. The van der Waals surface area contributed by atoms with Crippen LogP contribution in [-0.4, -0.2) is 18.9 Å².